The summed E-state index contributed by atoms with van der Waals surface area (Å²) in [6, 6.07) is 0. The number of ether oxygens (including phenoxy) is 3. The number of hydrogen-bond donors (Lipinski definition) is 3. The zero-order chi connectivity index (χ0) is 19.8. The molecule has 10 heteroatoms. The van der Waals surface area contributed by atoms with Crippen molar-refractivity contribution in [1.29, 1.82) is 0 Å². The van der Waals surface area contributed by atoms with Gasteiger partial charge in [-0.15, -0.1) is 11.3 Å². The van der Waals surface area contributed by atoms with Crippen molar-refractivity contribution >= 4 is 34.1 Å². The van der Waals surface area contributed by atoms with E-state index in [4.69, 9.17) is 19.9 Å². The molecule has 0 aromatic carbocycles. The summed E-state index contributed by atoms with van der Waals surface area (Å²) in [5.74, 6) is -1.57. The van der Waals surface area contributed by atoms with Crippen LogP contribution in [0.2, 0.25) is 0 Å². The number of rotatable bonds is 10. The van der Waals surface area contributed by atoms with Gasteiger partial charge in [0.05, 0.1) is 17.0 Å². The summed E-state index contributed by atoms with van der Waals surface area (Å²) in [5.41, 5.74) is 5.91. The van der Waals surface area contributed by atoms with Crippen LogP contribution in [0.5, 0.6) is 0 Å². The minimum atomic E-state index is -0.658. The maximum Gasteiger partial charge on any atom is 0.341 e. The number of amides is 2. The number of methoxy groups -OCH3 is 1. The minimum absolute atomic E-state index is 0.0685. The number of anilines is 1. The summed E-state index contributed by atoms with van der Waals surface area (Å²) >= 11 is 0.972. The molecule has 0 aliphatic carbocycles. The van der Waals surface area contributed by atoms with E-state index in [-0.39, 0.29) is 47.2 Å². The second-order valence-electron chi connectivity index (χ2n) is 6.16. The third kappa shape index (κ3) is 5.99. The molecule has 9 nitrogen and oxygen atoms in total. The predicted octanol–water partition coefficient (Wildman–Crippen LogP) is -0.360. The van der Waals surface area contributed by atoms with Crippen LogP contribution < -0.4 is 16.4 Å². The highest BCUT2D eigenvalue weighted by molar-refractivity contribution is 7.18. The molecule has 2 heterocycles. The van der Waals surface area contributed by atoms with Crippen LogP contribution in [0.1, 0.15) is 38.4 Å². The van der Waals surface area contributed by atoms with Gasteiger partial charge in [-0.3, -0.25) is 9.59 Å². The summed E-state index contributed by atoms with van der Waals surface area (Å²) in [7, 11) is 1.49. The predicted molar refractivity (Wildman–Crippen MR) is 99.0 cm³/mol. The molecule has 0 saturated carbocycles. The summed E-state index contributed by atoms with van der Waals surface area (Å²) in [5, 5.41) is 4.81. The van der Waals surface area contributed by atoms with E-state index in [1.54, 1.807) is 6.92 Å². The van der Waals surface area contributed by atoms with Crippen LogP contribution in [0.4, 0.5) is 5.00 Å². The first kappa shape index (κ1) is 21.3. The van der Waals surface area contributed by atoms with E-state index in [2.05, 4.69) is 5.32 Å². The van der Waals surface area contributed by atoms with Crippen molar-refractivity contribution in [3.05, 3.63) is 16.0 Å². The number of nitrogens with one attached hydrogen (secondary N) is 1. The van der Waals surface area contributed by atoms with Crippen molar-refractivity contribution in [2.24, 2.45) is 5.73 Å². The SMILES string of the molecule is COCCOC(=O)c1c(NC(=O)C[NH2+]C[C@H]2CCCO2)sc(C(N)=O)c1C. The largest absolute Gasteiger partial charge is 0.460 e. The molecule has 2 amide bonds. The quantitative estimate of drug-likeness (QED) is 0.363. The lowest BCUT2D eigenvalue weighted by Gasteiger charge is -2.09. The van der Waals surface area contributed by atoms with Gasteiger partial charge in [0.2, 0.25) is 0 Å². The Morgan fingerprint density at radius 1 is 1.37 bits per heavy atom. The Hall–Kier alpha value is -2.01. The van der Waals surface area contributed by atoms with Crippen molar-refractivity contribution in [2.75, 3.05) is 45.3 Å². The second-order valence-corrected chi connectivity index (χ2v) is 7.19. The van der Waals surface area contributed by atoms with Crippen LogP contribution in [0.3, 0.4) is 0 Å². The molecule has 0 unspecified atom stereocenters. The summed E-state index contributed by atoms with van der Waals surface area (Å²) in [6.07, 6.45) is 2.22. The minimum Gasteiger partial charge on any atom is -0.460 e. The van der Waals surface area contributed by atoms with Gasteiger partial charge >= 0.3 is 5.97 Å². The Morgan fingerprint density at radius 3 is 2.78 bits per heavy atom. The normalized spacial score (nSPS) is 16.3. The molecule has 0 bridgehead atoms. The van der Waals surface area contributed by atoms with E-state index >= 15 is 0 Å². The molecule has 1 atom stereocenters. The van der Waals surface area contributed by atoms with Crippen molar-refractivity contribution < 1.29 is 33.9 Å². The molecule has 5 N–H and O–H groups in total. The zero-order valence-corrected chi connectivity index (χ0v) is 16.4. The fraction of sp³-hybridized carbons (Fsp3) is 0.588. The Morgan fingerprint density at radius 2 is 2.15 bits per heavy atom. The van der Waals surface area contributed by atoms with E-state index in [1.807, 2.05) is 5.32 Å². The fourth-order valence-corrected chi connectivity index (χ4v) is 3.84. The standard InChI is InChI=1S/C17H25N3O6S/c1-10-13(17(23)26-7-6-24-2)16(27-14(10)15(18)22)20-12(21)9-19-8-11-4-3-5-25-11/h11,19H,3-9H2,1-2H3,(H2,18,22)(H,20,21)/p+1/t11-/m1/s1. The van der Waals surface area contributed by atoms with Crippen LogP contribution in [-0.4, -0.2) is 63.9 Å². The van der Waals surface area contributed by atoms with E-state index in [9.17, 15) is 14.4 Å². The van der Waals surface area contributed by atoms with Crippen LogP contribution >= 0.6 is 11.3 Å². The van der Waals surface area contributed by atoms with Gasteiger partial charge in [0.25, 0.3) is 11.8 Å². The van der Waals surface area contributed by atoms with E-state index < -0.39 is 11.9 Å². The lowest BCUT2D eigenvalue weighted by Crippen LogP contribution is -2.88. The lowest BCUT2D eigenvalue weighted by molar-refractivity contribution is -0.649. The number of esters is 1. The van der Waals surface area contributed by atoms with Crippen LogP contribution in [0, 0.1) is 6.92 Å². The van der Waals surface area contributed by atoms with Crippen molar-refractivity contribution in [2.45, 2.75) is 25.9 Å². The molecule has 0 spiro atoms. The van der Waals surface area contributed by atoms with Gasteiger partial charge in [-0.2, -0.15) is 0 Å². The maximum atomic E-state index is 12.4. The molecular weight excluding hydrogens is 374 g/mol. The Kier molecular flexibility index (Phi) is 8.17. The molecule has 1 aliphatic heterocycles. The van der Waals surface area contributed by atoms with Gasteiger partial charge in [-0.05, 0) is 25.3 Å². The molecule has 150 valence electrons. The molecule has 1 fully saturated rings. The average molecular weight is 400 g/mol. The van der Waals surface area contributed by atoms with Crippen LogP contribution in [0.25, 0.3) is 0 Å². The highest BCUT2D eigenvalue weighted by atomic mass is 32.1. The number of nitrogens with two attached hydrogens (primary N) is 2. The average Bonchev–Trinajstić information content (AvgIpc) is 3.23. The topological polar surface area (TPSA) is 134 Å². The van der Waals surface area contributed by atoms with Crippen LogP contribution in [0.15, 0.2) is 0 Å². The van der Waals surface area contributed by atoms with E-state index in [1.165, 1.54) is 7.11 Å². The molecule has 1 saturated heterocycles. The Balaban J connectivity index is 2.02. The van der Waals surface area contributed by atoms with Crippen molar-refractivity contribution in [1.82, 2.24) is 0 Å². The second kappa shape index (κ2) is 10.4. The monoisotopic (exact) mass is 400 g/mol. The fourth-order valence-electron chi connectivity index (χ4n) is 2.78. The van der Waals surface area contributed by atoms with Crippen molar-refractivity contribution in [3.8, 4) is 0 Å². The molecule has 0 radical (unpaired) electrons. The first-order chi connectivity index (χ1) is 12.9. The number of carbonyl (C=O) groups excluding carboxylic acids is 3. The van der Waals surface area contributed by atoms with Gasteiger partial charge in [0.1, 0.15) is 24.3 Å². The molecule has 2 rings (SSSR count). The van der Waals surface area contributed by atoms with E-state index in [0.717, 1.165) is 30.8 Å². The van der Waals surface area contributed by atoms with Gasteiger partial charge in [0, 0.05) is 13.7 Å². The lowest BCUT2D eigenvalue weighted by atomic mass is 10.1. The number of carbonyl (C=O) groups is 3. The molecule has 1 aromatic rings. The summed E-state index contributed by atoms with van der Waals surface area (Å²) in [4.78, 5) is 36.4. The number of hydrogen-bond acceptors (Lipinski definition) is 7. The van der Waals surface area contributed by atoms with E-state index in [0.29, 0.717) is 12.1 Å². The molecule has 1 aromatic heterocycles. The molecule has 1 aliphatic rings. The number of thiophene rings is 1. The highest BCUT2D eigenvalue weighted by Crippen LogP contribution is 2.33. The first-order valence-corrected chi connectivity index (χ1v) is 9.58. The number of primary amides is 1. The molecular formula is C17H26N3O6S+. The Labute approximate surface area is 161 Å². The van der Waals surface area contributed by atoms with Gasteiger partial charge in [-0.25, -0.2) is 4.79 Å². The first-order valence-electron chi connectivity index (χ1n) is 8.76. The van der Waals surface area contributed by atoms with Crippen LogP contribution in [-0.2, 0) is 19.0 Å². The smallest absolute Gasteiger partial charge is 0.341 e. The Bertz CT molecular complexity index is 684. The molecule has 27 heavy (non-hydrogen) atoms. The third-order valence-electron chi connectivity index (χ3n) is 4.13. The maximum absolute atomic E-state index is 12.4. The third-order valence-corrected chi connectivity index (χ3v) is 5.35. The van der Waals surface area contributed by atoms with Gasteiger partial charge in [-0.1, -0.05) is 0 Å². The van der Waals surface area contributed by atoms with Gasteiger partial charge in [0.15, 0.2) is 6.54 Å². The zero-order valence-electron chi connectivity index (χ0n) is 15.5. The number of quaternary nitrogens is 1. The van der Waals surface area contributed by atoms with Crippen molar-refractivity contribution in [3.63, 3.8) is 0 Å². The van der Waals surface area contributed by atoms with Gasteiger partial charge < -0.3 is 30.6 Å². The summed E-state index contributed by atoms with van der Waals surface area (Å²) < 4.78 is 15.5. The highest BCUT2D eigenvalue weighted by Gasteiger charge is 2.26. The summed E-state index contributed by atoms with van der Waals surface area (Å²) in [6.45, 7) is 3.57.